The number of nitrogens with one attached hydrogen (secondary N) is 1. The average Bonchev–Trinajstić information content (AvgIpc) is 2.68. The first-order chi connectivity index (χ1) is 10.5. The van der Waals surface area contributed by atoms with Gasteiger partial charge >= 0.3 is 0 Å². The Balaban J connectivity index is 1.68. The topological polar surface area (TPSA) is 32.3 Å². The van der Waals surface area contributed by atoms with Crippen molar-refractivity contribution >= 4 is 5.91 Å². The fourth-order valence-electron chi connectivity index (χ4n) is 3.53. The first-order valence-corrected chi connectivity index (χ1v) is 7.66. The summed E-state index contributed by atoms with van der Waals surface area (Å²) in [6, 6.07) is 2.27. The molecule has 3 rings (SSSR count). The maximum Gasteiger partial charge on any atom is 0.220 e. The molecule has 1 aromatic carbocycles. The Morgan fingerprint density at radius 1 is 1.14 bits per heavy atom. The van der Waals surface area contributed by atoms with Crippen LogP contribution in [0.15, 0.2) is 12.1 Å². The maximum absolute atomic E-state index is 13.8. The number of amides is 1. The minimum atomic E-state index is -1.41. The second-order valence-corrected chi connectivity index (χ2v) is 6.22. The first-order valence-electron chi connectivity index (χ1n) is 7.66. The van der Waals surface area contributed by atoms with E-state index in [1.54, 1.807) is 0 Å². The van der Waals surface area contributed by atoms with Crippen LogP contribution in [0.3, 0.4) is 0 Å². The zero-order valence-electron chi connectivity index (χ0n) is 12.2. The van der Waals surface area contributed by atoms with Gasteiger partial charge in [0.2, 0.25) is 5.91 Å². The molecule has 1 N–H and O–H groups in total. The zero-order valence-corrected chi connectivity index (χ0v) is 12.2. The number of rotatable bonds is 2. The number of piperidine rings is 1. The van der Waals surface area contributed by atoms with Crippen molar-refractivity contribution in [3.8, 4) is 0 Å². The van der Waals surface area contributed by atoms with E-state index in [0.717, 1.165) is 32.0 Å². The molecule has 0 radical (unpaired) electrons. The Morgan fingerprint density at radius 3 is 2.77 bits per heavy atom. The Hall–Kier alpha value is -1.56. The highest BCUT2D eigenvalue weighted by atomic mass is 19.2. The van der Waals surface area contributed by atoms with Crippen molar-refractivity contribution in [2.45, 2.75) is 25.8 Å². The summed E-state index contributed by atoms with van der Waals surface area (Å²) < 4.78 is 40.0. The van der Waals surface area contributed by atoms with Crippen LogP contribution in [0.1, 0.15) is 24.8 Å². The third kappa shape index (κ3) is 3.11. The number of fused-ring (bicyclic) bond motifs is 1. The van der Waals surface area contributed by atoms with E-state index in [0.29, 0.717) is 24.8 Å². The number of likely N-dealkylation sites (tertiary alicyclic amines) is 1. The van der Waals surface area contributed by atoms with Crippen LogP contribution in [0.5, 0.6) is 0 Å². The molecule has 1 amide bonds. The summed E-state index contributed by atoms with van der Waals surface area (Å²) in [5.74, 6) is -2.80. The van der Waals surface area contributed by atoms with Crippen LogP contribution in [0.2, 0.25) is 0 Å². The van der Waals surface area contributed by atoms with E-state index in [9.17, 15) is 18.0 Å². The highest BCUT2D eigenvalue weighted by Gasteiger charge is 2.32. The van der Waals surface area contributed by atoms with Crippen molar-refractivity contribution in [2.24, 2.45) is 11.8 Å². The molecule has 2 heterocycles. The number of hydrogen-bond donors (Lipinski definition) is 1. The highest BCUT2D eigenvalue weighted by molar-refractivity contribution is 5.76. The number of carbonyl (C=O) groups excluding carboxylic acids is 1. The lowest BCUT2D eigenvalue weighted by atomic mass is 9.82. The molecule has 0 spiro atoms. The first kappa shape index (κ1) is 15.3. The predicted octanol–water partition coefficient (Wildman–Crippen LogP) is 2.45. The number of benzene rings is 1. The molecule has 0 saturated carbocycles. The van der Waals surface area contributed by atoms with Gasteiger partial charge in [0, 0.05) is 31.6 Å². The van der Waals surface area contributed by atoms with Crippen LogP contribution >= 0.6 is 0 Å². The Labute approximate surface area is 127 Å². The molecule has 120 valence electrons. The fourth-order valence-corrected chi connectivity index (χ4v) is 3.53. The SMILES string of the molecule is O=C1CC2CCN(Cc3ccc(F)c(F)c3F)CC2CCN1. The quantitative estimate of drug-likeness (QED) is 0.851. The lowest BCUT2D eigenvalue weighted by molar-refractivity contribution is -0.121. The van der Waals surface area contributed by atoms with Gasteiger partial charge in [-0.3, -0.25) is 9.69 Å². The maximum atomic E-state index is 13.8. The van der Waals surface area contributed by atoms with E-state index in [4.69, 9.17) is 0 Å². The van der Waals surface area contributed by atoms with Crippen LogP contribution in [-0.2, 0) is 11.3 Å². The molecule has 6 heteroatoms. The van der Waals surface area contributed by atoms with Crippen molar-refractivity contribution in [1.82, 2.24) is 10.2 Å². The van der Waals surface area contributed by atoms with Gasteiger partial charge in [0.15, 0.2) is 17.5 Å². The lowest BCUT2D eigenvalue weighted by Gasteiger charge is -2.37. The average molecular weight is 312 g/mol. The molecule has 2 aliphatic heterocycles. The van der Waals surface area contributed by atoms with Crippen LogP contribution < -0.4 is 5.32 Å². The second kappa shape index (κ2) is 6.28. The third-order valence-electron chi connectivity index (χ3n) is 4.77. The fraction of sp³-hybridized carbons (Fsp3) is 0.562. The van der Waals surface area contributed by atoms with Gasteiger partial charge in [-0.2, -0.15) is 0 Å². The van der Waals surface area contributed by atoms with E-state index in [2.05, 4.69) is 10.2 Å². The summed E-state index contributed by atoms with van der Waals surface area (Å²) in [4.78, 5) is 13.6. The Morgan fingerprint density at radius 2 is 1.95 bits per heavy atom. The standard InChI is InChI=1S/C16H19F3N2O/c17-13-2-1-12(15(18)16(13)19)9-21-6-4-10-7-14(22)20-5-3-11(10)8-21/h1-2,10-11H,3-9H2,(H,20,22). The number of nitrogens with zero attached hydrogens (tertiary/aromatic N) is 1. The molecule has 2 atom stereocenters. The van der Waals surface area contributed by atoms with Crippen LogP contribution in [0.4, 0.5) is 13.2 Å². The second-order valence-electron chi connectivity index (χ2n) is 6.22. The third-order valence-corrected chi connectivity index (χ3v) is 4.77. The summed E-state index contributed by atoms with van der Waals surface area (Å²) in [6.07, 6.45) is 2.34. The largest absolute Gasteiger partial charge is 0.356 e. The van der Waals surface area contributed by atoms with Gasteiger partial charge in [0.05, 0.1) is 0 Å². The van der Waals surface area contributed by atoms with Crippen LogP contribution in [0, 0.1) is 29.3 Å². The molecule has 3 nitrogen and oxygen atoms in total. The van der Waals surface area contributed by atoms with Crippen molar-refractivity contribution in [2.75, 3.05) is 19.6 Å². The van der Waals surface area contributed by atoms with E-state index >= 15 is 0 Å². The normalized spacial score (nSPS) is 26.2. The molecular weight excluding hydrogens is 293 g/mol. The van der Waals surface area contributed by atoms with Gasteiger partial charge in [0.25, 0.3) is 0 Å². The highest BCUT2D eigenvalue weighted by Crippen LogP contribution is 2.31. The summed E-state index contributed by atoms with van der Waals surface area (Å²) in [5, 5.41) is 2.88. The Bertz CT molecular complexity index is 579. The predicted molar refractivity (Wildman–Crippen MR) is 75.4 cm³/mol. The summed E-state index contributed by atoms with van der Waals surface area (Å²) >= 11 is 0. The van der Waals surface area contributed by atoms with Crippen molar-refractivity contribution < 1.29 is 18.0 Å². The molecule has 22 heavy (non-hydrogen) atoms. The molecule has 0 bridgehead atoms. The molecule has 1 aromatic rings. The van der Waals surface area contributed by atoms with Crippen LogP contribution in [0.25, 0.3) is 0 Å². The van der Waals surface area contributed by atoms with Gasteiger partial charge in [-0.05, 0) is 37.3 Å². The van der Waals surface area contributed by atoms with E-state index in [1.807, 2.05) is 0 Å². The van der Waals surface area contributed by atoms with Gasteiger partial charge in [-0.1, -0.05) is 6.07 Å². The molecule has 2 aliphatic rings. The minimum absolute atomic E-state index is 0.104. The van der Waals surface area contributed by atoms with Gasteiger partial charge < -0.3 is 5.32 Å². The van der Waals surface area contributed by atoms with E-state index < -0.39 is 17.5 Å². The monoisotopic (exact) mass is 312 g/mol. The van der Waals surface area contributed by atoms with E-state index in [1.165, 1.54) is 6.07 Å². The molecule has 0 aliphatic carbocycles. The summed E-state index contributed by atoms with van der Waals surface area (Å²) in [6.45, 7) is 2.45. The molecule has 2 unspecified atom stereocenters. The number of halogens is 3. The molecule has 2 fully saturated rings. The van der Waals surface area contributed by atoms with Gasteiger partial charge in [0.1, 0.15) is 0 Å². The smallest absolute Gasteiger partial charge is 0.220 e. The minimum Gasteiger partial charge on any atom is -0.356 e. The van der Waals surface area contributed by atoms with Gasteiger partial charge in [-0.25, -0.2) is 13.2 Å². The molecule has 2 saturated heterocycles. The zero-order chi connectivity index (χ0) is 15.7. The van der Waals surface area contributed by atoms with Gasteiger partial charge in [-0.15, -0.1) is 0 Å². The Kier molecular flexibility index (Phi) is 4.38. The lowest BCUT2D eigenvalue weighted by Crippen LogP contribution is -2.40. The van der Waals surface area contributed by atoms with Crippen LogP contribution in [-0.4, -0.2) is 30.4 Å². The van der Waals surface area contributed by atoms with Crippen molar-refractivity contribution in [3.05, 3.63) is 35.1 Å². The van der Waals surface area contributed by atoms with E-state index in [-0.39, 0.29) is 18.0 Å². The molecular formula is C16H19F3N2O. The van der Waals surface area contributed by atoms with Crippen molar-refractivity contribution in [3.63, 3.8) is 0 Å². The summed E-state index contributed by atoms with van der Waals surface area (Å²) in [5.41, 5.74) is 0.181. The number of carbonyl (C=O) groups is 1. The number of hydrogen-bond acceptors (Lipinski definition) is 2. The molecule has 0 aromatic heterocycles. The van der Waals surface area contributed by atoms with Crippen molar-refractivity contribution in [1.29, 1.82) is 0 Å². The summed E-state index contributed by atoms with van der Waals surface area (Å²) in [7, 11) is 0.